The molecule has 0 aromatic rings. The molecule has 0 bridgehead atoms. The predicted octanol–water partition coefficient (Wildman–Crippen LogP) is 0.896. The maximum absolute atomic E-state index is 12.3. The summed E-state index contributed by atoms with van der Waals surface area (Å²) >= 11 is 0. The van der Waals surface area contributed by atoms with Crippen molar-refractivity contribution in [1.29, 1.82) is 0 Å². The highest BCUT2D eigenvalue weighted by Gasteiger charge is 2.42. The summed E-state index contributed by atoms with van der Waals surface area (Å²) in [6, 6.07) is 0. The summed E-state index contributed by atoms with van der Waals surface area (Å²) in [6.07, 6.45) is 0. The number of carboxylic acid groups (broad SMARTS) is 1. The quantitative estimate of drug-likeness (QED) is 0.815. The minimum absolute atomic E-state index is 0.00750. The van der Waals surface area contributed by atoms with Gasteiger partial charge in [-0.25, -0.2) is 0 Å². The van der Waals surface area contributed by atoms with Gasteiger partial charge in [0.2, 0.25) is 5.91 Å². The maximum atomic E-state index is 12.3. The first-order chi connectivity index (χ1) is 8.16. The van der Waals surface area contributed by atoms with E-state index < -0.39 is 17.4 Å². The van der Waals surface area contributed by atoms with Crippen LogP contribution in [-0.4, -0.2) is 59.0 Å². The number of aliphatic carboxylic acids is 1. The van der Waals surface area contributed by atoms with E-state index >= 15 is 0 Å². The Morgan fingerprint density at radius 2 is 2.00 bits per heavy atom. The zero-order valence-corrected chi connectivity index (χ0v) is 11.9. The van der Waals surface area contributed by atoms with Crippen LogP contribution in [0.1, 0.15) is 27.7 Å². The van der Waals surface area contributed by atoms with Crippen LogP contribution in [0, 0.1) is 11.8 Å². The molecule has 0 aliphatic carbocycles. The SMILES string of the molecule is CC(C)CN1CC(C(=O)O)CN(C)C(=O)C1(C)C. The van der Waals surface area contributed by atoms with Gasteiger partial charge in [-0.05, 0) is 19.8 Å². The average Bonchev–Trinajstić information content (AvgIpc) is 2.30. The Kier molecular flexibility index (Phi) is 4.37. The molecule has 1 rings (SSSR count). The van der Waals surface area contributed by atoms with Crippen LogP contribution in [0.15, 0.2) is 0 Å². The van der Waals surface area contributed by atoms with Crippen LogP contribution in [0.4, 0.5) is 0 Å². The van der Waals surface area contributed by atoms with Gasteiger partial charge < -0.3 is 10.0 Å². The lowest BCUT2D eigenvalue weighted by Gasteiger charge is -2.37. The highest BCUT2D eigenvalue weighted by atomic mass is 16.4. The van der Waals surface area contributed by atoms with E-state index in [4.69, 9.17) is 0 Å². The molecule has 0 saturated carbocycles. The van der Waals surface area contributed by atoms with E-state index in [1.54, 1.807) is 11.9 Å². The number of hydrogen-bond acceptors (Lipinski definition) is 3. The van der Waals surface area contributed by atoms with Crippen molar-refractivity contribution in [3.05, 3.63) is 0 Å². The summed E-state index contributed by atoms with van der Waals surface area (Å²) in [5, 5.41) is 9.22. The number of rotatable bonds is 3. The minimum Gasteiger partial charge on any atom is -0.481 e. The highest BCUT2D eigenvalue weighted by molar-refractivity contribution is 5.86. The first-order valence-electron chi connectivity index (χ1n) is 6.39. The Morgan fingerprint density at radius 3 is 2.44 bits per heavy atom. The fourth-order valence-corrected chi connectivity index (χ4v) is 2.47. The van der Waals surface area contributed by atoms with Gasteiger partial charge in [-0.3, -0.25) is 14.5 Å². The fourth-order valence-electron chi connectivity index (χ4n) is 2.47. The number of carbonyl (C=O) groups excluding carboxylic acids is 1. The molecule has 5 heteroatoms. The maximum Gasteiger partial charge on any atom is 0.309 e. The summed E-state index contributed by atoms with van der Waals surface area (Å²) in [4.78, 5) is 27.1. The number of hydrogen-bond donors (Lipinski definition) is 1. The molecule has 0 aromatic carbocycles. The molecule has 1 heterocycles. The third kappa shape index (κ3) is 3.02. The molecule has 1 amide bonds. The van der Waals surface area contributed by atoms with E-state index in [0.717, 1.165) is 6.54 Å². The van der Waals surface area contributed by atoms with Crippen molar-refractivity contribution in [1.82, 2.24) is 9.80 Å². The van der Waals surface area contributed by atoms with Crippen molar-refractivity contribution in [2.45, 2.75) is 33.2 Å². The van der Waals surface area contributed by atoms with Crippen LogP contribution >= 0.6 is 0 Å². The van der Waals surface area contributed by atoms with Crippen LogP contribution in [0.5, 0.6) is 0 Å². The van der Waals surface area contributed by atoms with Crippen molar-refractivity contribution >= 4 is 11.9 Å². The summed E-state index contributed by atoms with van der Waals surface area (Å²) in [5.41, 5.74) is -0.636. The molecule has 5 nitrogen and oxygen atoms in total. The first-order valence-corrected chi connectivity index (χ1v) is 6.39. The zero-order chi connectivity index (χ0) is 14.1. The second-order valence-electron chi connectivity index (χ2n) is 6.08. The topological polar surface area (TPSA) is 60.9 Å². The van der Waals surface area contributed by atoms with Crippen LogP contribution < -0.4 is 0 Å². The molecule has 104 valence electrons. The zero-order valence-electron chi connectivity index (χ0n) is 11.9. The molecule has 1 N–H and O–H groups in total. The second kappa shape index (κ2) is 5.26. The number of likely N-dealkylation sites (N-methyl/N-ethyl adjacent to an activating group) is 1. The second-order valence-corrected chi connectivity index (χ2v) is 6.08. The molecule has 1 fully saturated rings. The van der Waals surface area contributed by atoms with Crippen LogP contribution in [0.25, 0.3) is 0 Å². The summed E-state index contributed by atoms with van der Waals surface area (Å²) in [7, 11) is 1.68. The molecule has 1 saturated heterocycles. The summed E-state index contributed by atoms with van der Waals surface area (Å²) in [5.74, 6) is -0.956. The molecule has 0 spiro atoms. The van der Waals surface area contributed by atoms with Gasteiger partial charge >= 0.3 is 5.97 Å². The van der Waals surface area contributed by atoms with E-state index in [-0.39, 0.29) is 12.5 Å². The van der Waals surface area contributed by atoms with Gasteiger partial charge in [-0.1, -0.05) is 13.8 Å². The standard InChI is InChI=1S/C13H24N2O3/c1-9(2)6-15-8-10(11(16)17)7-14(5)12(18)13(15,3)4/h9-10H,6-8H2,1-5H3,(H,16,17). The number of carbonyl (C=O) groups is 2. The molecular weight excluding hydrogens is 232 g/mol. The Labute approximate surface area is 109 Å². The third-order valence-corrected chi connectivity index (χ3v) is 3.53. The van der Waals surface area contributed by atoms with E-state index in [9.17, 15) is 14.7 Å². The molecule has 1 atom stereocenters. The number of nitrogens with zero attached hydrogens (tertiary/aromatic N) is 2. The monoisotopic (exact) mass is 256 g/mol. The van der Waals surface area contributed by atoms with E-state index in [0.29, 0.717) is 12.5 Å². The Bertz CT molecular complexity index is 339. The van der Waals surface area contributed by atoms with Gasteiger partial charge in [0.05, 0.1) is 11.5 Å². The number of carboxylic acids is 1. The molecule has 1 aliphatic heterocycles. The number of amides is 1. The van der Waals surface area contributed by atoms with Gasteiger partial charge in [0, 0.05) is 26.7 Å². The largest absolute Gasteiger partial charge is 0.481 e. The molecule has 18 heavy (non-hydrogen) atoms. The van der Waals surface area contributed by atoms with Gasteiger partial charge in [-0.2, -0.15) is 0 Å². The molecule has 0 aromatic heterocycles. The van der Waals surface area contributed by atoms with Crippen molar-refractivity contribution in [3.8, 4) is 0 Å². The third-order valence-electron chi connectivity index (χ3n) is 3.53. The van der Waals surface area contributed by atoms with Crippen LogP contribution in [0.3, 0.4) is 0 Å². The Balaban J connectivity index is 3.03. The van der Waals surface area contributed by atoms with Crippen LogP contribution in [-0.2, 0) is 9.59 Å². The van der Waals surface area contributed by atoms with Crippen molar-refractivity contribution in [3.63, 3.8) is 0 Å². The van der Waals surface area contributed by atoms with Crippen molar-refractivity contribution < 1.29 is 14.7 Å². The summed E-state index contributed by atoms with van der Waals surface area (Å²) in [6.45, 7) is 9.34. The normalized spacial score (nSPS) is 25.3. The fraction of sp³-hybridized carbons (Fsp3) is 0.846. The lowest BCUT2D eigenvalue weighted by molar-refractivity contribution is -0.142. The van der Waals surface area contributed by atoms with E-state index in [2.05, 4.69) is 13.8 Å². The molecular formula is C13H24N2O3. The molecule has 1 unspecified atom stereocenters. The molecule has 0 radical (unpaired) electrons. The lowest BCUT2D eigenvalue weighted by atomic mass is 9.99. The van der Waals surface area contributed by atoms with Gasteiger partial charge in [0.25, 0.3) is 0 Å². The summed E-state index contributed by atoms with van der Waals surface area (Å²) < 4.78 is 0. The molecule has 1 aliphatic rings. The average molecular weight is 256 g/mol. The Morgan fingerprint density at radius 1 is 1.44 bits per heavy atom. The smallest absolute Gasteiger partial charge is 0.309 e. The van der Waals surface area contributed by atoms with Crippen molar-refractivity contribution in [2.75, 3.05) is 26.7 Å². The minimum atomic E-state index is -0.832. The van der Waals surface area contributed by atoms with E-state index in [1.807, 2.05) is 18.7 Å². The van der Waals surface area contributed by atoms with Gasteiger partial charge in [0.15, 0.2) is 0 Å². The van der Waals surface area contributed by atoms with Gasteiger partial charge in [-0.15, -0.1) is 0 Å². The first kappa shape index (κ1) is 15.0. The van der Waals surface area contributed by atoms with Crippen molar-refractivity contribution in [2.24, 2.45) is 11.8 Å². The van der Waals surface area contributed by atoms with Gasteiger partial charge in [0.1, 0.15) is 0 Å². The Hall–Kier alpha value is -1.10. The van der Waals surface area contributed by atoms with E-state index in [1.165, 1.54) is 0 Å². The predicted molar refractivity (Wildman–Crippen MR) is 69.3 cm³/mol. The van der Waals surface area contributed by atoms with Crippen LogP contribution in [0.2, 0.25) is 0 Å². The lowest BCUT2D eigenvalue weighted by Crippen LogP contribution is -2.54. The highest BCUT2D eigenvalue weighted by Crippen LogP contribution is 2.24.